The monoisotopic (exact) mass is 145 g/mol. The molecule has 0 heterocycles. The third-order valence-electron chi connectivity index (χ3n) is 0.800. The third-order valence-corrected chi connectivity index (χ3v) is 1.28. The minimum Gasteiger partial charge on any atom is -0.249 e. The van der Waals surface area contributed by atoms with Crippen LogP contribution in [-0.4, -0.2) is 6.21 Å². The van der Waals surface area contributed by atoms with E-state index in [1.165, 1.54) is 0 Å². The van der Waals surface area contributed by atoms with Crippen molar-refractivity contribution in [1.82, 2.24) is 0 Å². The molecule has 52 valence electrons. The molecule has 0 atom stereocenters. The van der Waals surface area contributed by atoms with E-state index in [1.807, 2.05) is 20.8 Å². The summed E-state index contributed by atoms with van der Waals surface area (Å²) in [7, 11) is 0. The van der Waals surface area contributed by atoms with Crippen LogP contribution in [0.4, 0.5) is 0 Å². The molecule has 0 aromatic carbocycles. The summed E-state index contributed by atoms with van der Waals surface area (Å²) >= 11 is 5.68. The number of halogens is 1. The van der Waals surface area contributed by atoms with Crippen molar-refractivity contribution in [3.8, 4) is 0 Å². The quantitative estimate of drug-likeness (QED) is 0.419. The summed E-state index contributed by atoms with van der Waals surface area (Å²) in [5.41, 5.74) is 1.06. The lowest BCUT2D eigenvalue weighted by molar-refractivity contribution is 1.27. The van der Waals surface area contributed by atoms with Gasteiger partial charge in [0, 0.05) is 6.21 Å². The molecule has 0 aliphatic carbocycles. The minimum atomic E-state index is 0.608. The van der Waals surface area contributed by atoms with Crippen LogP contribution in [0.25, 0.3) is 0 Å². The van der Waals surface area contributed by atoms with Gasteiger partial charge in [0.15, 0.2) is 0 Å². The Morgan fingerprint density at radius 2 is 2.11 bits per heavy atom. The van der Waals surface area contributed by atoms with Crippen LogP contribution in [0.5, 0.6) is 0 Å². The number of allylic oxidation sites excluding steroid dienone is 1. The zero-order chi connectivity index (χ0) is 7.28. The molecule has 9 heavy (non-hydrogen) atoms. The summed E-state index contributed by atoms with van der Waals surface area (Å²) in [5.74, 6) is 0. The first-order valence-corrected chi connectivity index (χ1v) is 3.41. The maximum Gasteiger partial charge on any atom is 0.127 e. The summed E-state index contributed by atoms with van der Waals surface area (Å²) in [6.45, 7) is 5.91. The van der Waals surface area contributed by atoms with Gasteiger partial charge in [0.1, 0.15) is 5.16 Å². The zero-order valence-electron chi connectivity index (χ0n) is 6.11. The Morgan fingerprint density at radius 3 is 2.44 bits per heavy atom. The van der Waals surface area contributed by atoms with E-state index in [0.29, 0.717) is 5.16 Å². The normalized spacial score (nSPS) is 10.2. The second-order valence-electron chi connectivity index (χ2n) is 2.01. The maximum atomic E-state index is 5.68. The van der Waals surface area contributed by atoms with E-state index in [-0.39, 0.29) is 0 Å². The van der Waals surface area contributed by atoms with Gasteiger partial charge in [-0.05, 0) is 25.8 Å². The van der Waals surface area contributed by atoms with Crippen molar-refractivity contribution in [2.24, 2.45) is 4.99 Å². The Morgan fingerprint density at radius 1 is 1.56 bits per heavy atom. The Kier molecular flexibility index (Phi) is 4.41. The van der Waals surface area contributed by atoms with Gasteiger partial charge in [-0.1, -0.05) is 18.5 Å². The summed E-state index contributed by atoms with van der Waals surface area (Å²) in [5, 5.41) is 0.608. The summed E-state index contributed by atoms with van der Waals surface area (Å²) in [4.78, 5) is 3.96. The molecular formula is C7H12ClN. The molecule has 0 aliphatic rings. The van der Waals surface area contributed by atoms with Crippen LogP contribution in [0.15, 0.2) is 15.7 Å². The fraction of sp³-hybridized carbons (Fsp3) is 0.571. The highest BCUT2D eigenvalue weighted by Gasteiger charge is 1.86. The highest BCUT2D eigenvalue weighted by atomic mass is 35.5. The Balaban J connectivity index is 3.91. The van der Waals surface area contributed by atoms with E-state index < -0.39 is 0 Å². The van der Waals surface area contributed by atoms with Crippen molar-refractivity contribution >= 4 is 17.8 Å². The maximum absolute atomic E-state index is 5.68. The van der Waals surface area contributed by atoms with Gasteiger partial charge in [0.05, 0.1) is 0 Å². The van der Waals surface area contributed by atoms with Crippen LogP contribution in [0.1, 0.15) is 27.2 Å². The Labute approximate surface area is 61.4 Å². The third kappa shape index (κ3) is 4.22. The average molecular weight is 146 g/mol. The number of nitrogens with zero attached hydrogens (tertiary/aromatic N) is 1. The molecule has 2 heteroatoms. The number of rotatable bonds is 2. The van der Waals surface area contributed by atoms with Gasteiger partial charge in [-0.25, -0.2) is 4.99 Å². The SMILES string of the molecule is CC/C=N\C(Cl)=C(C)C. The van der Waals surface area contributed by atoms with Crippen molar-refractivity contribution in [1.29, 1.82) is 0 Å². The molecular weight excluding hydrogens is 134 g/mol. The molecule has 0 aliphatic heterocycles. The second-order valence-corrected chi connectivity index (χ2v) is 2.37. The van der Waals surface area contributed by atoms with E-state index in [4.69, 9.17) is 11.6 Å². The van der Waals surface area contributed by atoms with E-state index in [2.05, 4.69) is 4.99 Å². The molecule has 0 saturated carbocycles. The van der Waals surface area contributed by atoms with Gasteiger partial charge in [-0.15, -0.1) is 0 Å². The highest BCUT2D eigenvalue weighted by Crippen LogP contribution is 2.08. The molecule has 0 rings (SSSR count). The van der Waals surface area contributed by atoms with Gasteiger partial charge >= 0.3 is 0 Å². The van der Waals surface area contributed by atoms with Crippen molar-refractivity contribution in [3.63, 3.8) is 0 Å². The first kappa shape index (κ1) is 8.70. The summed E-state index contributed by atoms with van der Waals surface area (Å²) < 4.78 is 0. The fourth-order valence-electron chi connectivity index (χ4n) is 0.301. The van der Waals surface area contributed by atoms with Crippen LogP contribution in [0.3, 0.4) is 0 Å². The highest BCUT2D eigenvalue weighted by molar-refractivity contribution is 6.30. The van der Waals surface area contributed by atoms with Gasteiger partial charge < -0.3 is 0 Å². The van der Waals surface area contributed by atoms with Gasteiger partial charge in [-0.2, -0.15) is 0 Å². The lowest BCUT2D eigenvalue weighted by atomic mass is 10.4. The van der Waals surface area contributed by atoms with Crippen molar-refractivity contribution in [3.05, 3.63) is 10.7 Å². The molecule has 0 N–H and O–H groups in total. The smallest absolute Gasteiger partial charge is 0.127 e. The molecule has 0 spiro atoms. The van der Waals surface area contributed by atoms with Crippen molar-refractivity contribution < 1.29 is 0 Å². The first-order valence-electron chi connectivity index (χ1n) is 3.04. The van der Waals surface area contributed by atoms with Gasteiger partial charge in [0.2, 0.25) is 0 Å². The standard InChI is InChI=1S/C7H12ClN/c1-4-5-9-7(8)6(2)3/h5H,4H2,1-3H3/b9-5-. The predicted molar refractivity (Wildman–Crippen MR) is 43.0 cm³/mol. The van der Waals surface area contributed by atoms with Crippen LogP contribution in [0.2, 0.25) is 0 Å². The van der Waals surface area contributed by atoms with Crippen LogP contribution in [0, 0.1) is 0 Å². The van der Waals surface area contributed by atoms with Crippen molar-refractivity contribution in [2.45, 2.75) is 27.2 Å². The van der Waals surface area contributed by atoms with E-state index in [9.17, 15) is 0 Å². The summed E-state index contributed by atoms with van der Waals surface area (Å²) in [6, 6.07) is 0. The molecule has 1 nitrogen and oxygen atoms in total. The van der Waals surface area contributed by atoms with Crippen LogP contribution in [-0.2, 0) is 0 Å². The molecule has 0 unspecified atom stereocenters. The number of hydrogen-bond acceptors (Lipinski definition) is 1. The number of hydrogen-bond donors (Lipinski definition) is 0. The molecule has 0 radical (unpaired) electrons. The van der Waals surface area contributed by atoms with E-state index >= 15 is 0 Å². The average Bonchev–Trinajstić information content (AvgIpc) is 1.82. The number of aliphatic imine (C=N–C) groups is 1. The van der Waals surface area contributed by atoms with Gasteiger partial charge in [0.25, 0.3) is 0 Å². The summed E-state index contributed by atoms with van der Waals surface area (Å²) in [6.07, 6.45) is 2.73. The molecule has 0 aromatic heterocycles. The lowest BCUT2D eigenvalue weighted by Crippen LogP contribution is -1.72. The molecule has 0 bridgehead atoms. The molecule has 0 amide bonds. The van der Waals surface area contributed by atoms with E-state index in [1.54, 1.807) is 6.21 Å². The van der Waals surface area contributed by atoms with Crippen LogP contribution < -0.4 is 0 Å². The van der Waals surface area contributed by atoms with E-state index in [0.717, 1.165) is 12.0 Å². The molecule has 0 fully saturated rings. The first-order chi connectivity index (χ1) is 4.18. The predicted octanol–water partition coefficient (Wildman–Crippen LogP) is 2.96. The lowest BCUT2D eigenvalue weighted by Gasteiger charge is -1.89. The Hall–Kier alpha value is -0.300. The minimum absolute atomic E-state index is 0.608. The van der Waals surface area contributed by atoms with Gasteiger partial charge in [-0.3, -0.25) is 0 Å². The molecule has 0 saturated heterocycles. The fourth-order valence-corrected chi connectivity index (χ4v) is 0.370. The Bertz CT molecular complexity index is 132. The zero-order valence-corrected chi connectivity index (χ0v) is 6.87. The topological polar surface area (TPSA) is 12.4 Å². The molecule has 0 aromatic rings. The van der Waals surface area contributed by atoms with Crippen molar-refractivity contribution in [2.75, 3.05) is 0 Å². The second kappa shape index (κ2) is 4.57. The largest absolute Gasteiger partial charge is 0.249 e. The van der Waals surface area contributed by atoms with Crippen LogP contribution >= 0.6 is 11.6 Å².